The largest absolute Gasteiger partial charge is 0.388 e. The summed E-state index contributed by atoms with van der Waals surface area (Å²) in [6.45, 7) is 5.72. The molecule has 1 atom stereocenters. The Morgan fingerprint density at radius 3 is 2.48 bits per heavy atom. The van der Waals surface area contributed by atoms with Crippen molar-refractivity contribution in [1.82, 2.24) is 0 Å². The molecule has 21 heavy (non-hydrogen) atoms. The molecule has 0 spiro atoms. The average molecular weight is 291 g/mol. The Hall–Kier alpha value is -0.900. The molecular formula is C18H29NO2. The minimum Gasteiger partial charge on any atom is -0.388 e. The molecule has 3 nitrogen and oxygen atoms in total. The zero-order valence-corrected chi connectivity index (χ0v) is 13.6. The standard InChI is InChI=1S/C18H29NO2/c1-17(2)7-9-18(13-19,10-8-17)16(20)15-6-4-5-14(11-15)12-21-3/h4-6,11,16,20H,7-10,12-13,19H2,1-3H3. The summed E-state index contributed by atoms with van der Waals surface area (Å²) >= 11 is 0. The van der Waals surface area contributed by atoms with Crippen LogP contribution in [0.1, 0.15) is 56.8 Å². The van der Waals surface area contributed by atoms with Crippen molar-refractivity contribution in [2.75, 3.05) is 13.7 Å². The number of methoxy groups -OCH3 is 1. The number of aliphatic hydroxyl groups excluding tert-OH is 1. The van der Waals surface area contributed by atoms with Gasteiger partial charge in [-0.05, 0) is 42.2 Å². The van der Waals surface area contributed by atoms with Gasteiger partial charge in [0.25, 0.3) is 0 Å². The van der Waals surface area contributed by atoms with Crippen molar-refractivity contribution in [2.24, 2.45) is 16.6 Å². The number of rotatable bonds is 5. The molecule has 0 aliphatic heterocycles. The van der Waals surface area contributed by atoms with Gasteiger partial charge in [0.05, 0.1) is 12.7 Å². The average Bonchev–Trinajstić information content (AvgIpc) is 2.48. The van der Waals surface area contributed by atoms with Crippen LogP contribution in [0.4, 0.5) is 0 Å². The Morgan fingerprint density at radius 1 is 1.24 bits per heavy atom. The number of nitrogens with two attached hydrogens (primary N) is 1. The Bertz CT molecular complexity index is 460. The number of ether oxygens (including phenoxy) is 1. The third-order valence-electron chi connectivity index (χ3n) is 5.16. The molecule has 1 fully saturated rings. The van der Waals surface area contributed by atoms with Crippen LogP contribution in [0.25, 0.3) is 0 Å². The monoisotopic (exact) mass is 291 g/mol. The summed E-state index contributed by atoms with van der Waals surface area (Å²) < 4.78 is 5.18. The summed E-state index contributed by atoms with van der Waals surface area (Å²) in [5.74, 6) is 0. The molecule has 118 valence electrons. The lowest BCUT2D eigenvalue weighted by Crippen LogP contribution is -2.41. The van der Waals surface area contributed by atoms with Crippen molar-refractivity contribution in [3.05, 3.63) is 35.4 Å². The highest BCUT2D eigenvalue weighted by Crippen LogP contribution is 2.50. The highest BCUT2D eigenvalue weighted by Gasteiger charge is 2.43. The second-order valence-corrected chi connectivity index (χ2v) is 7.31. The van der Waals surface area contributed by atoms with E-state index < -0.39 is 6.10 Å². The van der Waals surface area contributed by atoms with Crippen LogP contribution in [-0.2, 0) is 11.3 Å². The van der Waals surface area contributed by atoms with Gasteiger partial charge in [-0.25, -0.2) is 0 Å². The van der Waals surface area contributed by atoms with Gasteiger partial charge in [-0.3, -0.25) is 0 Å². The zero-order chi connectivity index (χ0) is 15.5. The molecule has 0 bridgehead atoms. The van der Waals surface area contributed by atoms with Gasteiger partial charge in [-0.15, -0.1) is 0 Å². The van der Waals surface area contributed by atoms with Gasteiger partial charge in [-0.1, -0.05) is 38.1 Å². The summed E-state index contributed by atoms with van der Waals surface area (Å²) in [5, 5.41) is 10.9. The zero-order valence-electron chi connectivity index (χ0n) is 13.6. The van der Waals surface area contributed by atoms with E-state index in [0.717, 1.165) is 36.8 Å². The maximum Gasteiger partial charge on any atom is 0.0858 e. The van der Waals surface area contributed by atoms with Gasteiger partial charge < -0.3 is 15.6 Å². The summed E-state index contributed by atoms with van der Waals surface area (Å²) in [6, 6.07) is 8.06. The molecule has 0 radical (unpaired) electrons. The van der Waals surface area contributed by atoms with Crippen molar-refractivity contribution < 1.29 is 9.84 Å². The minimum absolute atomic E-state index is 0.179. The van der Waals surface area contributed by atoms with E-state index in [0.29, 0.717) is 18.6 Å². The van der Waals surface area contributed by atoms with Crippen LogP contribution in [0.3, 0.4) is 0 Å². The summed E-state index contributed by atoms with van der Waals surface area (Å²) in [4.78, 5) is 0. The van der Waals surface area contributed by atoms with Crippen molar-refractivity contribution in [2.45, 2.75) is 52.2 Å². The Balaban J connectivity index is 2.20. The fourth-order valence-corrected chi connectivity index (χ4v) is 3.39. The van der Waals surface area contributed by atoms with Crippen LogP contribution in [0.2, 0.25) is 0 Å². The lowest BCUT2D eigenvalue weighted by atomic mass is 9.62. The van der Waals surface area contributed by atoms with E-state index in [4.69, 9.17) is 10.5 Å². The van der Waals surface area contributed by atoms with Crippen molar-refractivity contribution in [3.63, 3.8) is 0 Å². The van der Waals surface area contributed by atoms with Crippen LogP contribution < -0.4 is 5.73 Å². The third kappa shape index (κ3) is 3.65. The SMILES string of the molecule is COCc1cccc(C(O)C2(CN)CCC(C)(C)CC2)c1. The van der Waals surface area contributed by atoms with E-state index in [9.17, 15) is 5.11 Å². The van der Waals surface area contributed by atoms with Gasteiger partial charge >= 0.3 is 0 Å². The Kier molecular flexibility index (Phi) is 5.07. The summed E-state index contributed by atoms with van der Waals surface area (Å²) in [5.41, 5.74) is 8.33. The molecule has 1 aromatic rings. The van der Waals surface area contributed by atoms with E-state index in [-0.39, 0.29) is 5.41 Å². The summed E-state index contributed by atoms with van der Waals surface area (Å²) in [6.07, 6.45) is 3.74. The molecular weight excluding hydrogens is 262 g/mol. The number of hydrogen-bond acceptors (Lipinski definition) is 3. The van der Waals surface area contributed by atoms with E-state index in [1.54, 1.807) is 7.11 Å². The molecule has 0 saturated heterocycles. The van der Waals surface area contributed by atoms with Gasteiger partial charge in [-0.2, -0.15) is 0 Å². The first-order valence-corrected chi connectivity index (χ1v) is 7.88. The third-order valence-corrected chi connectivity index (χ3v) is 5.16. The number of aliphatic hydroxyl groups is 1. The maximum atomic E-state index is 10.9. The minimum atomic E-state index is -0.490. The lowest BCUT2D eigenvalue weighted by molar-refractivity contribution is -0.0236. The number of benzene rings is 1. The molecule has 1 aliphatic rings. The van der Waals surface area contributed by atoms with Gasteiger partial charge in [0.2, 0.25) is 0 Å². The molecule has 1 saturated carbocycles. The first kappa shape index (κ1) is 16.5. The van der Waals surface area contributed by atoms with Crippen LogP contribution >= 0.6 is 0 Å². The smallest absolute Gasteiger partial charge is 0.0858 e. The molecule has 1 aliphatic carbocycles. The quantitative estimate of drug-likeness (QED) is 0.874. The molecule has 1 aromatic carbocycles. The van der Waals surface area contributed by atoms with Crippen molar-refractivity contribution in [3.8, 4) is 0 Å². The predicted molar refractivity (Wildman–Crippen MR) is 85.9 cm³/mol. The Labute approximate surface area is 128 Å². The van der Waals surface area contributed by atoms with Crippen LogP contribution in [0.5, 0.6) is 0 Å². The normalized spacial score (nSPS) is 22.0. The van der Waals surface area contributed by atoms with Crippen molar-refractivity contribution >= 4 is 0 Å². The van der Waals surface area contributed by atoms with E-state index in [1.165, 1.54) is 0 Å². The maximum absolute atomic E-state index is 10.9. The topological polar surface area (TPSA) is 55.5 Å². The highest BCUT2D eigenvalue weighted by atomic mass is 16.5. The van der Waals surface area contributed by atoms with Crippen LogP contribution in [0, 0.1) is 10.8 Å². The van der Waals surface area contributed by atoms with E-state index in [2.05, 4.69) is 13.8 Å². The molecule has 2 rings (SSSR count). The molecule has 0 aromatic heterocycles. The lowest BCUT2D eigenvalue weighted by Gasteiger charge is -2.46. The summed E-state index contributed by atoms with van der Waals surface area (Å²) in [7, 11) is 1.69. The molecule has 0 amide bonds. The Morgan fingerprint density at radius 2 is 1.90 bits per heavy atom. The van der Waals surface area contributed by atoms with Gasteiger partial charge in [0.15, 0.2) is 0 Å². The molecule has 3 N–H and O–H groups in total. The fraction of sp³-hybridized carbons (Fsp3) is 0.667. The highest BCUT2D eigenvalue weighted by molar-refractivity contribution is 5.26. The second-order valence-electron chi connectivity index (χ2n) is 7.31. The van der Waals surface area contributed by atoms with Crippen LogP contribution in [0.15, 0.2) is 24.3 Å². The van der Waals surface area contributed by atoms with E-state index >= 15 is 0 Å². The fourth-order valence-electron chi connectivity index (χ4n) is 3.39. The van der Waals surface area contributed by atoms with Gasteiger partial charge in [0.1, 0.15) is 0 Å². The van der Waals surface area contributed by atoms with E-state index in [1.807, 2.05) is 24.3 Å². The first-order chi connectivity index (χ1) is 9.92. The van der Waals surface area contributed by atoms with Crippen LogP contribution in [-0.4, -0.2) is 18.8 Å². The van der Waals surface area contributed by atoms with Gasteiger partial charge in [0, 0.05) is 19.1 Å². The molecule has 3 heteroatoms. The molecule has 1 unspecified atom stereocenters. The van der Waals surface area contributed by atoms with Crippen molar-refractivity contribution in [1.29, 1.82) is 0 Å². The first-order valence-electron chi connectivity index (χ1n) is 7.88. The number of hydrogen-bond donors (Lipinski definition) is 2. The molecule has 0 heterocycles. The second kappa shape index (κ2) is 6.47. The predicted octanol–water partition coefficient (Wildman–Crippen LogP) is 3.41.